The summed E-state index contributed by atoms with van der Waals surface area (Å²) in [6.07, 6.45) is 3.56. The van der Waals surface area contributed by atoms with Crippen LogP contribution in [0.5, 0.6) is 0 Å². The van der Waals surface area contributed by atoms with Crippen molar-refractivity contribution in [3.63, 3.8) is 0 Å². The first-order valence-corrected chi connectivity index (χ1v) is 10.1. The Morgan fingerprint density at radius 1 is 1.03 bits per heavy atom. The molecule has 0 aliphatic carbocycles. The van der Waals surface area contributed by atoms with E-state index in [2.05, 4.69) is 10.3 Å². The van der Waals surface area contributed by atoms with E-state index in [1.54, 1.807) is 34.3 Å². The zero-order valence-corrected chi connectivity index (χ0v) is 16.9. The van der Waals surface area contributed by atoms with E-state index >= 15 is 0 Å². The molecule has 4 rings (SSSR count). The fourth-order valence-electron chi connectivity index (χ4n) is 3.56. The molecule has 3 amide bonds. The van der Waals surface area contributed by atoms with E-state index in [1.807, 2.05) is 42.5 Å². The third-order valence-electron chi connectivity index (χ3n) is 5.26. The van der Waals surface area contributed by atoms with Gasteiger partial charge in [-0.05, 0) is 41.5 Å². The quantitative estimate of drug-likeness (QED) is 0.664. The van der Waals surface area contributed by atoms with E-state index in [1.165, 1.54) is 12.1 Å². The van der Waals surface area contributed by atoms with Gasteiger partial charge in [-0.15, -0.1) is 0 Å². The van der Waals surface area contributed by atoms with E-state index in [0.29, 0.717) is 30.9 Å². The molecule has 31 heavy (non-hydrogen) atoms. The number of amides is 3. The van der Waals surface area contributed by atoms with E-state index in [4.69, 9.17) is 0 Å². The second-order valence-electron chi connectivity index (χ2n) is 7.54. The monoisotopic (exact) mass is 418 g/mol. The summed E-state index contributed by atoms with van der Waals surface area (Å²) in [5.74, 6) is -0.432. The number of nitrogens with zero attached hydrogens (tertiary/aromatic N) is 3. The molecule has 2 aromatic carbocycles. The summed E-state index contributed by atoms with van der Waals surface area (Å²) in [6.45, 7) is 1.27. The lowest BCUT2D eigenvalue weighted by Crippen LogP contribution is -2.62. The lowest BCUT2D eigenvalue weighted by molar-refractivity contribution is -0.137. The molecule has 3 aromatic rings. The smallest absolute Gasteiger partial charge is 0.322 e. The molecule has 0 spiro atoms. The van der Waals surface area contributed by atoms with Gasteiger partial charge < -0.3 is 15.1 Å². The van der Waals surface area contributed by atoms with Crippen molar-refractivity contribution in [3.8, 4) is 0 Å². The minimum absolute atomic E-state index is 0.0772. The molecule has 0 saturated carbocycles. The summed E-state index contributed by atoms with van der Waals surface area (Å²) >= 11 is 0. The molecule has 1 saturated heterocycles. The van der Waals surface area contributed by atoms with Gasteiger partial charge in [-0.25, -0.2) is 9.18 Å². The average Bonchev–Trinajstić information content (AvgIpc) is 2.73. The molecule has 0 atom stereocenters. The predicted octanol–water partition coefficient (Wildman–Crippen LogP) is 3.71. The van der Waals surface area contributed by atoms with E-state index < -0.39 is 0 Å². The van der Waals surface area contributed by atoms with Crippen molar-refractivity contribution in [3.05, 3.63) is 96.1 Å². The first-order valence-electron chi connectivity index (χ1n) is 10.1. The largest absolute Gasteiger partial charge is 0.338 e. The highest BCUT2D eigenvalue weighted by Gasteiger charge is 2.37. The predicted molar refractivity (Wildman–Crippen MR) is 116 cm³/mol. The molecule has 1 aliphatic rings. The van der Waals surface area contributed by atoms with Crippen molar-refractivity contribution in [1.82, 2.24) is 14.8 Å². The summed E-state index contributed by atoms with van der Waals surface area (Å²) in [4.78, 5) is 33.1. The van der Waals surface area contributed by atoms with E-state index in [-0.39, 0.29) is 30.2 Å². The second-order valence-corrected chi connectivity index (χ2v) is 7.54. The van der Waals surface area contributed by atoms with Crippen LogP contribution in [0, 0.1) is 5.82 Å². The number of anilines is 1. The van der Waals surface area contributed by atoms with Gasteiger partial charge in [-0.1, -0.05) is 36.4 Å². The lowest BCUT2D eigenvalue weighted by Gasteiger charge is -2.45. The van der Waals surface area contributed by atoms with Crippen LogP contribution in [0.2, 0.25) is 0 Å². The number of hydrogen-bond acceptors (Lipinski definition) is 3. The molecular formula is C24H23FN4O2. The molecule has 2 heterocycles. The third-order valence-corrected chi connectivity index (χ3v) is 5.26. The zero-order valence-electron chi connectivity index (χ0n) is 16.9. The maximum absolute atomic E-state index is 13.4. The molecule has 0 radical (unpaired) electrons. The summed E-state index contributed by atoms with van der Waals surface area (Å²) in [7, 11) is 0. The van der Waals surface area contributed by atoms with Crippen LogP contribution in [-0.2, 0) is 17.8 Å². The molecule has 6 nitrogen and oxygen atoms in total. The van der Waals surface area contributed by atoms with E-state index in [0.717, 1.165) is 5.56 Å². The number of halogens is 1. The van der Waals surface area contributed by atoms with Gasteiger partial charge in [0.1, 0.15) is 5.82 Å². The van der Waals surface area contributed by atoms with Crippen molar-refractivity contribution in [1.29, 1.82) is 0 Å². The van der Waals surface area contributed by atoms with Crippen LogP contribution in [0.25, 0.3) is 0 Å². The Labute approximate surface area is 180 Å². The summed E-state index contributed by atoms with van der Waals surface area (Å²) in [5.41, 5.74) is 2.26. The molecule has 7 heteroatoms. The molecular weight excluding hydrogens is 395 g/mol. The average molecular weight is 418 g/mol. The first-order chi connectivity index (χ1) is 15.1. The van der Waals surface area contributed by atoms with Gasteiger partial charge in [-0.3, -0.25) is 9.78 Å². The summed E-state index contributed by atoms with van der Waals surface area (Å²) in [6, 6.07) is 18.7. The number of benzene rings is 2. The third kappa shape index (κ3) is 5.25. The fourth-order valence-corrected chi connectivity index (χ4v) is 3.56. The number of rotatable bonds is 6. The number of carbonyl (C=O) groups excluding carboxylic acids is 2. The van der Waals surface area contributed by atoms with Crippen molar-refractivity contribution >= 4 is 17.6 Å². The number of urea groups is 1. The molecule has 158 valence electrons. The Bertz CT molecular complexity index is 1040. The lowest BCUT2D eigenvalue weighted by atomic mass is 10.0. The summed E-state index contributed by atoms with van der Waals surface area (Å²) in [5, 5.41) is 2.92. The van der Waals surface area contributed by atoms with Crippen LogP contribution < -0.4 is 5.32 Å². The Kier molecular flexibility index (Phi) is 6.21. The van der Waals surface area contributed by atoms with Gasteiger partial charge in [-0.2, -0.15) is 0 Å². The van der Waals surface area contributed by atoms with Crippen molar-refractivity contribution in [2.24, 2.45) is 0 Å². The molecule has 0 unspecified atom stereocenters. The number of hydrogen-bond donors (Lipinski definition) is 1. The van der Waals surface area contributed by atoms with Crippen LogP contribution in [0.15, 0.2) is 79.1 Å². The normalized spacial score (nSPS) is 13.4. The maximum atomic E-state index is 13.4. The Hall–Kier alpha value is -3.74. The van der Waals surface area contributed by atoms with Crippen LogP contribution in [0.1, 0.15) is 11.1 Å². The standard InChI is InChI=1S/C24H23FN4O2/c25-20-8-4-6-18(12-20)13-23(30)28-16-22(17-28)29(15-19-7-5-11-26-14-19)24(31)27-21-9-2-1-3-10-21/h1-12,14,22H,13,15-17H2,(H,27,31). The van der Waals surface area contributed by atoms with Crippen molar-refractivity contribution < 1.29 is 14.0 Å². The van der Waals surface area contributed by atoms with Crippen LogP contribution >= 0.6 is 0 Å². The van der Waals surface area contributed by atoms with Gasteiger partial charge in [0.2, 0.25) is 5.91 Å². The first kappa shape index (κ1) is 20.5. The Balaban J connectivity index is 1.41. The minimum atomic E-state index is -0.355. The van der Waals surface area contributed by atoms with E-state index in [9.17, 15) is 14.0 Å². The van der Waals surface area contributed by atoms with Gasteiger partial charge >= 0.3 is 6.03 Å². The molecule has 1 aromatic heterocycles. The summed E-state index contributed by atoms with van der Waals surface area (Å²) < 4.78 is 13.4. The zero-order chi connectivity index (χ0) is 21.6. The number of aromatic nitrogens is 1. The molecule has 0 bridgehead atoms. The fraction of sp³-hybridized carbons (Fsp3) is 0.208. The van der Waals surface area contributed by atoms with Gasteiger partial charge in [0.15, 0.2) is 0 Å². The SMILES string of the molecule is O=C(Cc1cccc(F)c1)N1CC(N(Cc2cccnc2)C(=O)Nc2ccccc2)C1. The topological polar surface area (TPSA) is 65.5 Å². The number of nitrogens with one attached hydrogen (secondary N) is 1. The number of carbonyl (C=O) groups is 2. The molecule has 1 aliphatic heterocycles. The number of para-hydroxylation sites is 1. The maximum Gasteiger partial charge on any atom is 0.322 e. The highest BCUT2D eigenvalue weighted by Crippen LogP contribution is 2.21. The highest BCUT2D eigenvalue weighted by atomic mass is 19.1. The van der Waals surface area contributed by atoms with Crippen LogP contribution in [0.4, 0.5) is 14.9 Å². The molecule has 1 fully saturated rings. The van der Waals surface area contributed by atoms with Crippen molar-refractivity contribution in [2.45, 2.75) is 19.0 Å². The Morgan fingerprint density at radius 3 is 2.52 bits per heavy atom. The van der Waals surface area contributed by atoms with Gasteiger partial charge in [0.05, 0.1) is 12.5 Å². The Morgan fingerprint density at radius 2 is 1.81 bits per heavy atom. The van der Waals surface area contributed by atoms with Gasteiger partial charge in [0.25, 0.3) is 0 Å². The van der Waals surface area contributed by atoms with Crippen LogP contribution in [0.3, 0.4) is 0 Å². The molecule has 1 N–H and O–H groups in total. The second kappa shape index (κ2) is 9.38. The highest BCUT2D eigenvalue weighted by molar-refractivity contribution is 5.90. The minimum Gasteiger partial charge on any atom is -0.338 e. The van der Waals surface area contributed by atoms with Crippen molar-refractivity contribution in [2.75, 3.05) is 18.4 Å². The van der Waals surface area contributed by atoms with Crippen LogP contribution in [-0.4, -0.2) is 45.9 Å². The number of pyridine rings is 1. The van der Waals surface area contributed by atoms with Gasteiger partial charge in [0, 0.05) is 37.7 Å². The number of likely N-dealkylation sites (tertiary alicyclic amines) is 1.